The molecule has 1 saturated heterocycles. The van der Waals surface area contributed by atoms with Crippen LogP contribution in [-0.2, 0) is 17.7 Å². The van der Waals surface area contributed by atoms with Crippen molar-refractivity contribution in [2.75, 3.05) is 26.9 Å². The monoisotopic (exact) mass is 463 g/mol. The van der Waals surface area contributed by atoms with Crippen LogP contribution in [0.1, 0.15) is 34.3 Å². The Bertz CT molecular complexity index is 1100. The molecule has 1 atom stereocenters. The van der Waals surface area contributed by atoms with Gasteiger partial charge in [0.15, 0.2) is 0 Å². The highest BCUT2D eigenvalue weighted by molar-refractivity contribution is 5.94. The summed E-state index contributed by atoms with van der Waals surface area (Å²) in [7, 11) is 1.59. The molecule has 5 nitrogen and oxygen atoms in total. The molecule has 178 valence electrons. The van der Waals surface area contributed by atoms with E-state index >= 15 is 0 Å². The van der Waals surface area contributed by atoms with Crippen molar-refractivity contribution in [1.82, 2.24) is 4.90 Å². The molecule has 3 aromatic carbocycles. The van der Waals surface area contributed by atoms with Crippen molar-refractivity contribution in [3.8, 4) is 11.5 Å². The summed E-state index contributed by atoms with van der Waals surface area (Å²) in [6.45, 7) is 2.05. The van der Waals surface area contributed by atoms with Crippen LogP contribution in [0.2, 0.25) is 0 Å². The number of hydrogen-bond donors (Lipinski definition) is 0. The maximum atomic E-state index is 13.8. The molecule has 0 N–H and O–H groups in total. The summed E-state index contributed by atoms with van der Waals surface area (Å²) in [5.41, 5.74) is 2.16. The van der Waals surface area contributed by atoms with Crippen molar-refractivity contribution in [3.63, 3.8) is 0 Å². The van der Waals surface area contributed by atoms with Gasteiger partial charge in [0, 0.05) is 31.7 Å². The van der Waals surface area contributed by atoms with Gasteiger partial charge in [0.1, 0.15) is 17.3 Å². The van der Waals surface area contributed by atoms with Gasteiger partial charge in [-0.3, -0.25) is 4.79 Å². The first kappa shape index (κ1) is 23.8. The van der Waals surface area contributed by atoms with Gasteiger partial charge in [-0.25, -0.2) is 4.39 Å². The second-order valence-electron chi connectivity index (χ2n) is 8.39. The van der Waals surface area contributed by atoms with Crippen LogP contribution in [0, 0.1) is 5.82 Å². The van der Waals surface area contributed by atoms with E-state index in [1.165, 1.54) is 6.07 Å². The predicted molar refractivity (Wildman–Crippen MR) is 129 cm³/mol. The van der Waals surface area contributed by atoms with E-state index in [1.807, 2.05) is 47.4 Å². The first-order valence-corrected chi connectivity index (χ1v) is 11.6. The number of amides is 1. The normalized spacial score (nSPS) is 15.2. The van der Waals surface area contributed by atoms with Crippen LogP contribution in [0.5, 0.6) is 11.5 Å². The molecule has 34 heavy (non-hydrogen) atoms. The minimum Gasteiger partial charge on any atom is -0.497 e. The smallest absolute Gasteiger partial charge is 0.254 e. The number of methoxy groups -OCH3 is 1. The first-order valence-electron chi connectivity index (χ1n) is 11.6. The third kappa shape index (κ3) is 6.35. The maximum Gasteiger partial charge on any atom is 0.254 e. The summed E-state index contributed by atoms with van der Waals surface area (Å²) in [5, 5.41) is 0. The number of ether oxygens (including phenoxy) is 3. The molecule has 0 aromatic heterocycles. The second-order valence-corrected chi connectivity index (χ2v) is 8.39. The molecule has 0 aliphatic carbocycles. The Hall–Kier alpha value is -3.38. The van der Waals surface area contributed by atoms with Crippen LogP contribution in [-0.4, -0.2) is 43.8 Å². The van der Waals surface area contributed by atoms with E-state index < -0.39 is 0 Å². The second kappa shape index (κ2) is 11.7. The van der Waals surface area contributed by atoms with E-state index in [0.29, 0.717) is 48.7 Å². The highest BCUT2D eigenvalue weighted by Crippen LogP contribution is 2.21. The van der Waals surface area contributed by atoms with Crippen LogP contribution in [0.3, 0.4) is 0 Å². The molecule has 0 radical (unpaired) electrons. The van der Waals surface area contributed by atoms with E-state index in [0.717, 1.165) is 25.0 Å². The molecule has 3 aromatic rings. The van der Waals surface area contributed by atoms with Gasteiger partial charge in [-0.05, 0) is 60.4 Å². The number of halogens is 1. The highest BCUT2D eigenvalue weighted by Gasteiger charge is 2.24. The minimum atomic E-state index is -0.222. The highest BCUT2D eigenvalue weighted by atomic mass is 19.1. The summed E-state index contributed by atoms with van der Waals surface area (Å²) >= 11 is 0. The Balaban J connectivity index is 1.44. The van der Waals surface area contributed by atoms with E-state index in [2.05, 4.69) is 0 Å². The van der Waals surface area contributed by atoms with Crippen molar-refractivity contribution in [3.05, 3.63) is 95.3 Å². The van der Waals surface area contributed by atoms with Crippen molar-refractivity contribution < 1.29 is 23.4 Å². The lowest BCUT2D eigenvalue weighted by Crippen LogP contribution is -2.37. The summed E-state index contributed by atoms with van der Waals surface area (Å²) in [5.74, 6) is 1.05. The number of rotatable bonds is 10. The first-order chi connectivity index (χ1) is 16.6. The van der Waals surface area contributed by atoms with Crippen LogP contribution < -0.4 is 9.47 Å². The Labute approximate surface area is 200 Å². The van der Waals surface area contributed by atoms with Gasteiger partial charge in [-0.15, -0.1) is 0 Å². The molecule has 1 fully saturated rings. The fourth-order valence-corrected chi connectivity index (χ4v) is 4.13. The molecule has 1 heterocycles. The van der Waals surface area contributed by atoms with Crippen LogP contribution in [0.15, 0.2) is 72.8 Å². The average molecular weight is 464 g/mol. The maximum absolute atomic E-state index is 13.8. The third-order valence-corrected chi connectivity index (χ3v) is 5.92. The topological polar surface area (TPSA) is 48.0 Å². The number of nitrogens with zero attached hydrogens (tertiary/aromatic N) is 1. The third-order valence-electron chi connectivity index (χ3n) is 5.92. The van der Waals surface area contributed by atoms with Gasteiger partial charge >= 0.3 is 0 Å². The van der Waals surface area contributed by atoms with Crippen LogP contribution >= 0.6 is 0 Å². The number of benzene rings is 3. The van der Waals surface area contributed by atoms with E-state index in [9.17, 15) is 9.18 Å². The van der Waals surface area contributed by atoms with E-state index in [1.54, 1.807) is 31.4 Å². The van der Waals surface area contributed by atoms with Gasteiger partial charge in [0.05, 0.1) is 19.8 Å². The summed E-state index contributed by atoms with van der Waals surface area (Å²) in [6, 6.07) is 21.6. The molecule has 1 aliphatic rings. The quantitative estimate of drug-likeness (QED) is 0.411. The van der Waals surface area contributed by atoms with Crippen molar-refractivity contribution in [1.29, 1.82) is 0 Å². The predicted octanol–water partition coefficient (Wildman–Crippen LogP) is 5.28. The average Bonchev–Trinajstić information content (AvgIpc) is 3.38. The van der Waals surface area contributed by atoms with Crippen molar-refractivity contribution >= 4 is 5.91 Å². The van der Waals surface area contributed by atoms with E-state index in [-0.39, 0.29) is 17.8 Å². The standard InChI is InChI=1S/C28H30FNO4/c1-32-24-10-5-9-23(18-24)28(31)30(20-26-12-6-15-33-26)19-21-7-4-11-25(17-21)34-16-14-22-8-2-3-13-27(22)29/h2-5,7-11,13,17-18,26H,6,12,14-16,19-20H2,1H3/t26-/m1/s1. The van der Waals surface area contributed by atoms with Crippen LogP contribution in [0.4, 0.5) is 4.39 Å². The zero-order valence-electron chi connectivity index (χ0n) is 19.4. The van der Waals surface area contributed by atoms with Crippen molar-refractivity contribution in [2.24, 2.45) is 0 Å². The van der Waals surface area contributed by atoms with Crippen LogP contribution in [0.25, 0.3) is 0 Å². The fraction of sp³-hybridized carbons (Fsp3) is 0.321. The van der Waals surface area contributed by atoms with Crippen molar-refractivity contribution in [2.45, 2.75) is 31.9 Å². The lowest BCUT2D eigenvalue weighted by molar-refractivity contribution is 0.0507. The van der Waals surface area contributed by atoms with E-state index in [4.69, 9.17) is 14.2 Å². The summed E-state index contributed by atoms with van der Waals surface area (Å²) < 4.78 is 30.8. The molecular weight excluding hydrogens is 433 g/mol. The van der Waals surface area contributed by atoms with Gasteiger partial charge in [0.2, 0.25) is 0 Å². The van der Waals surface area contributed by atoms with Gasteiger partial charge < -0.3 is 19.1 Å². The molecule has 1 aliphatic heterocycles. The Kier molecular flexibility index (Phi) is 8.15. The molecule has 0 spiro atoms. The molecular formula is C28H30FNO4. The Morgan fingerprint density at radius 2 is 1.88 bits per heavy atom. The molecule has 0 unspecified atom stereocenters. The number of carbonyl (C=O) groups excluding carboxylic acids is 1. The van der Waals surface area contributed by atoms with Gasteiger partial charge in [-0.1, -0.05) is 36.4 Å². The Morgan fingerprint density at radius 3 is 2.68 bits per heavy atom. The zero-order valence-corrected chi connectivity index (χ0v) is 19.4. The minimum absolute atomic E-state index is 0.0368. The summed E-state index contributed by atoms with van der Waals surface area (Å²) in [6.07, 6.45) is 2.48. The Morgan fingerprint density at radius 1 is 1.06 bits per heavy atom. The lowest BCUT2D eigenvalue weighted by atomic mass is 10.1. The molecule has 1 amide bonds. The fourth-order valence-electron chi connectivity index (χ4n) is 4.13. The zero-order chi connectivity index (χ0) is 23.8. The molecule has 0 saturated carbocycles. The molecule has 6 heteroatoms. The SMILES string of the molecule is COc1cccc(C(=O)N(Cc2cccc(OCCc3ccccc3F)c2)C[C@H]2CCCO2)c1. The number of carbonyl (C=O) groups is 1. The number of hydrogen-bond acceptors (Lipinski definition) is 4. The molecule has 4 rings (SSSR count). The van der Waals surface area contributed by atoms with Gasteiger partial charge in [-0.2, -0.15) is 0 Å². The lowest BCUT2D eigenvalue weighted by Gasteiger charge is -2.26. The summed E-state index contributed by atoms with van der Waals surface area (Å²) in [4.78, 5) is 15.2. The molecule has 0 bridgehead atoms. The van der Waals surface area contributed by atoms with Gasteiger partial charge in [0.25, 0.3) is 5.91 Å². The largest absolute Gasteiger partial charge is 0.497 e.